The van der Waals surface area contributed by atoms with Crippen LogP contribution in [0, 0.1) is 0 Å². The van der Waals surface area contributed by atoms with Gasteiger partial charge in [0.2, 0.25) is 0 Å². The number of benzene rings is 1. The summed E-state index contributed by atoms with van der Waals surface area (Å²) < 4.78 is 1.18. The van der Waals surface area contributed by atoms with Crippen LogP contribution in [-0.2, 0) is 13.0 Å². The van der Waals surface area contributed by atoms with E-state index in [9.17, 15) is 14.4 Å². The fraction of sp³-hybridized carbons (Fsp3) is 0.267. The molecule has 1 aromatic heterocycles. The van der Waals surface area contributed by atoms with Gasteiger partial charge in [-0.3, -0.25) is 19.1 Å². The molecule has 1 heterocycles. The molecule has 0 spiro atoms. The minimum Gasteiger partial charge on any atom is -0.293 e. The first-order chi connectivity index (χ1) is 9.60. The van der Waals surface area contributed by atoms with Crippen LogP contribution < -0.4 is 11.2 Å². The standard InChI is InChI=1S/C15H16N2O3/c1-2-3-11-4-6-12(7-5-11)13(18)10-17-9-8-14(19)16-15(17)20/h4-9H,2-3,10H2,1H3,(H,16,19,20). The van der Waals surface area contributed by atoms with Gasteiger partial charge in [0.15, 0.2) is 5.78 Å². The molecule has 5 nitrogen and oxygen atoms in total. The molecule has 0 bridgehead atoms. The third-order valence-electron chi connectivity index (χ3n) is 3.03. The van der Waals surface area contributed by atoms with Crippen molar-refractivity contribution in [1.29, 1.82) is 0 Å². The molecule has 1 aromatic carbocycles. The Morgan fingerprint density at radius 1 is 1.15 bits per heavy atom. The number of aromatic nitrogens is 2. The van der Waals surface area contributed by atoms with Crippen LogP contribution in [-0.4, -0.2) is 15.3 Å². The van der Waals surface area contributed by atoms with Crippen LogP contribution in [0.15, 0.2) is 46.1 Å². The van der Waals surface area contributed by atoms with E-state index in [4.69, 9.17) is 0 Å². The first kappa shape index (κ1) is 14.0. The van der Waals surface area contributed by atoms with E-state index >= 15 is 0 Å². The van der Waals surface area contributed by atoms with Crippen molar-refractivity contribution in [1.82, 2.24) is 9.55 Å². The molecule has 5 heteroatoms. The molecule has 20 heavy (non-hydrogen) atoms. The molecule has 0 aliphatic rings. The van der Waals surface area contributed by atoms with Gasteiger partial charge in [-0.1, -0.05) is 37.6 Å². The lowest BCUT2D eigenvalue weighted by Gasteiger charge is -2.05. The Labute approximate surface area is 115 Å². The number of carbonyl (C=O) groups is 1. The lowest BCUT2D eigenvalue weighted by molar-refractivity contribution is 0.0970. The molecule has 1 N–H and O–H groups in total. The zero-order valence-electron chi connectivity index (χ0n) is 11.3. The van der Waals surface area contributed by atoms with Crippen molar-refractivity contribution in [2.45, 2.75) is 26.3 Å². The van der Waals surface area contributed by atoms with E-state index in [2.05, 4.69) is 11.9 Å². The lowest BCUT2D eigenvalue weighted by atomic mass is 10.1. The highest BCUT2D eigenvalue weighted by atomic mass is 16.2. The van der Waals surface area contributed by atoms with Crippen molar-refractivity contribution in [3.05, 3.63) is 68.5 Å². The number of H-pyrrole nitrogens is 1. The van der Waals surface area contributed by atoms with Crippen LogP contribution in [0.5, 0.6) is 0 Å². The Bertz CT molecular complexity index is 711. The Hall–Kier alpha value is -2.43. The van der Waals surface area contributed by atoms with Gasteiger partial charge in [-0.2, -0.15) is 0 Å². The van der Waals surface area contributed by atoms with Gasteiger partial charge in [-0.25, -0.2) is 4.79 Å². The van der Waals surface area contributed by atoms with Crippen molar-refractivity contribution in [2.24, 2.45) is 0 Å². The molecule has 104 valence electrons. The summed E-state index contributed by atoms with van der Waals surface area (Å²) >= 11 is 0. The first-order valence-corrected chi connectivity index (χ1v) is 6.52. The summed E-state index contributed by atoms with van der Waals surface area (Å²) in [6.07, 6.45) is 3.36. The van der Waals surface area contributed by atoms with E-state index in [-0.39, 0.29) is 12.3 Å². The maximum absolute atomic E-state index is 12.1. The number of aryl methyl sites for hydroxylation is 1. The van der Waals surface area contributed by atoms with E-state index in [1.807, 2.05) is 12.1 Å². The molecule has 2 aromatic rings. The summed E-state index contributed by atoms with van der Waals surface area (Å²) in [6, 6.07) is 8.60. The molecule has 0 atom stereocenters. The minimum atomic E-state index is -0.576. The fourth-order valence-electron chi connectivity index (χ4n) is 1.96. The Morgan fingerprint density at radius 3 is 2.45 bits per heavy atom. The van der Waals surface area contributed by atoms with E-state index < -0.39 is 11.2 Å². The van der Waals surface area contributed by atoms with Gasteiger partial charge < -0.3 is 0 Å². The fourth-order valence-corrected chi connectivity index (χ4v) is 1.96. The van der Waals surface area contributed by atoms with Crippen LogP contribution in [0.25, 0.3) is 0 Å². The van der Waals surface area contributed by atoms with Crippen molar-refractivity contribution < 1.29 is 4.79 Å². The quantitative estimate of drug-likeness (QED) is 0.836. The number of nitrogens with zero attached hydrogens (tertiary/aromatic N) is 1. The van der Waals surface area contributed by atoms with Crippen LogP contribution in [0.1, 0.15) is 29.3 Å². The second-order valence-corrected chi connectivity index (χ2v) is 4.61. The molecule has 0 saturated heterocycles. The zero-order chi connectivity index (χ0) is 14.5. The van der Waals surface area contributed by atoms with Crippen molar-refractivity contribution in [2.75, 3.05) is 0 Å². The number of nitrogens with one attached hydrogen (secondary N) is 1. The molecular formula is C15H16N2O3. The van der Waals surface area contributed by atoms with Gasteiger partial charge in [0.05, 0.1) is 6.54 Å². The number of aromatic amines is 1. The third kappa shape index (κ3) is 3.32. The van der Waals surface area contributed by atoms with Crippen molar-refractivity contribution in [3.63, 3.8) is 0 Å². The summed E-state index contributed by atoms with van der Waals surface area (Å²) in [4.78, 5) is 36.6. The van der Waals surface area contributed by atoms with E-state index in [0.29, 0.717) is 5.56 Å². The highest BCUT2D eigenvalue weighted by molar-refractivity contribution is 5.95. The van der Waals surface area contributed by atoms with Gasteiger partial charge in [0, 0.05) is 17.8 Å². The van der Waals surface area contributed by atoms with Crippen LogP contribution in [0.4, 0.5) is 0 Å². The maximum atomic E-state index is 12.1. The van der Waals surface area contributed by atoms with Gasteiger partial charge in [0.25, 0.3) is 5.56 Å². The number of hydrogen-bond donors (Lipinski definition) is 1. The summed E-state index contributed by atoms with van der Waals surface area (Å²) in [6.45, 7) is 2.02. The van der Waals surface area contributed by atoms with E-state index in [0.717, 1.165) is 12.8 Å². The molecule has 0 unspecified atom stereocenters. The molecule has 0 radical (unpaired) electrons. The Kier molecular flexibility index (Phi) is 4.30. The number of carbonyl (C=O) groups excluding carboxylic acids is 1. The van der Waals surface area contributed by atoms with Gasteiger partial charge in [0.1, 0.15) is 0 Å². The highest BCUT2D eigenvalue weighted by Gasteiger charge is 2.08. The molecule has 0 aliphatic heterocycles. The second kappa shape index (κ2) is 6.14. The second-order valence-electron chi connectivity index (χ2n) is 4.61. The summed E-state index contributed by atoms with van der Waals surface area (Å²) in [7, 11) is 0. The van der Waals surface area contributed by atoms with Crippen LogP contribution in [0.3, 0.4) is 0 Å². The molecule has 2 rings (SSSR count). The van der Waals surface area contributed by atoms with E-state index in [1.165, 1.54) is 22.4 Å². The minimum absolute atomic E-state index is 0.0806. The number of rotatable bonds is 5. The Balaban J connectivity index is 2.15. The smallest absolute Gasteiger partial charge is 0.293 e. The van der Waals surface area contributed by atoms with Gasteiger partial charge >= 0.3 is 5.69 Å². The molecular weight excluding hydrogens is 256 g/mol. The normalized spacial score (nSPS) is 10.4. The number of hydrogen-bond acceptors (Lipinski definition) is 3. The predicted octanol–water partition coefficient (Wildman–Crippen LogP) is 1.37. The van der Waals surface area contributed by atoms with Crippen molar-refractivity contribution >= 4 is 5.78 Å². The maximum Gasteiger partial charge on any atom is 0.328 e. The zero-order valence-corrected chi connectivity index (χ0v) is 11.3. The highest BCUT2D eigenvalue weighted by Crippen LogP contribution is 2.08. The average molecular weight is 272 g/mol. The Morgan fingerprint density at radius 2 is 1.85 bits per heavy atom. The third-order valence-corrected chi connectivity index (χ3v) is 3.03. The van der Waals surface area contributed by atoms with Gasteiger partial charge in [-0.05, 0) is 12.0 Å². The summed E-state index contributed by atoms with van der Waals surface area (Å²) in [5.41, 5.74) is 0.698. The van der Waals surface area contributed by atoms with Crippen LogP contribution >= 0.6 is 0 Å². The average Bonchev–Trinajstić information content (AvgIpc) is 2.43. The molecule has 0 fully saturated rings. The monoisotopic (exact) mass is 272 g/mol. The molecule has 0 aliphatic carbocycles. The largest absolute Gasteiger partial charge is 0.328 e. The molecule has 0 amide bonds. The number of Topliss-reactive ketones (excluding diaryl/α,β-unsaturated/α-hetero) is 1. The SMILES string of the molecule is CCCc1ccc(C(=O)Cn2ccc(=O)[nH]c2=O)cc1. The molecule has 0 saturated carbocycles. The van der Waals surface area contributed by atoms with Crippen molar-refractivity contribution in [3.8, 4) is 0 Å². The van der Waals surface area contributed by atoms with Gasteiger partial charge in [-0.15, -0.1) is 0 Å². The lowest BCUT2D eigenvalue weighted by Crippen LogP contribution is -2.30. The predicted molar refractivity (Wildman–Crippen MR) is 76.1 cm³/mol. The summed E-state index contributed by atoms with van der Waals surface area (Å²) in [5, 5.41) is 0. The number of ketones is 1. The van der Waals surface area contributed by atoms with Crippen LogP contribution in [0.2, 0.25) is 0 Å². The van der Waals surface area contributed by atoms with E-state index in [1.54, 1.807) is 12.1 Å². The first-order valence-electron chi connectivity index (χ1n) is 6.52. The summed E-state index contributed by atoms with van der Waals surface area (Å²) in [5.74, 6) is -0.165. The topological polar surface area (TPSA) is 71.9 Å².